The number of hydrogen-bond donors (Lipinski definition) is 0. The number of carbonyl (C=O) groups excluding carboxylic acids is 1. The van der Waals surface area contributed by atoms with Gasteiger partial charge in [-0.2, -0.15) is 0 Å². The highest BCUT2D eigenvalue weighted by molar-refractivity contribution is 5.97. The molecule has 0 bridgehead atoms. The highest BCUT2D eigenvalue weighted by atomic mass is 16.5. The molecule has 0 saturated carbocycles. The molecular formula is C16H24N2O2. The number of hydrogen-bond acceptors (Lipinski definition) is 4. The first-order chi connectivity index (χ1) is 9.60. The van der Waals surface area contributed by atoms with Crippen molar-refractivity contribution in [3.8, 4) is 5.75 Å². The maximum absolute atomic E-state index is 12.3. The van der Waals surface area contributed by atoms with E-state index in [0.717, 1.165) is 30.9 Å². The van der Waals surface area contributed by atoms with Gasteiger partial charge in [0.05, 0.1) is 13.2 Å². The third kappa shape index (κ3) is 3.81. The molecule has 0 spiro atoms. The molecule has 4 nitrogen and oxygen atoms in total. The van der Waals surface area contributed by atoms with Crippen LogP contribution in [0.25, 0.3) is 0 Å². The number of benzene rings is 1. The largest absolute Gasteiger partial charge is 0.494 e. The fraction of sp³-hybridized carbons (Fsp3) is 0.562. The minimum atomic E-state index is 0.185. The first kappa shape index (κ1) is 15.0. The number of Topliss-reactive ketones (excluding diaryl/α,β-unsaturated/α-hetero) is 1. The number of piperazine rings is 1. The summed E-state index contributed by atoms with van der Waals surface area (Å²) < 4.78 is 5.39. The molecule has 0 amide bonds. The van der Waals surface area contributed by atoms with E-state index in [9.17, 15) is 4.79 Å². The second kappa shape index (κ2) is 6.86. The molecule has 20 heavy (non-hydrogen) atoms. The van der Waals surface area contributed by atoms with Crippen LogP contribution in [0.5, 0.6) is 5.75 Å². The fourth-order valence-corrected chi connectivity index (χ4v) is 2.59. The molecule has 1 aliphatic heterocycles. The zero-order valence-electron chi connectivity index (χ0n) is 12.6. The Kier molecular flexibility index (Phi) is 5.15. The van der Waals surface area contributed by atoms with E-state index in [1.54, 1.807) is 0 Å². The molecule has 0 N–H and O–H groups in total. The van der Waals surface area contributed by atoms with Gasteiger partial charge in [0.1, 0.15) is 5.75 Å². The van der Waals surface area contributed by atoms with E-state index in [4.69, 9.17) is 4.74 Å². The van der Waals surface area contributed by atoms with Crippen LogP contribution in [0.2, 0.25) is 0 Å². The minimum Gasteiger partial charge on any atom is -0.494 e. The lowest BCUT2D eigenvalue weighted by Crippen LogP contribution is -2.51. The first-order valence-electron chi connectivity index (χ1n) is 7.28. The molecule has 4 heteroatoms. The van der Waals surface area contributed by atoms with E-state index >= 15 is 0 Å². The van der Waals surface area contributed by atoms with Gasteiger partial charge in [-0.25, -0.2) is 0 Å². The van der Waals surface area contributed by atoms with Crippen molar-refractivity contribution in [2.75, 3.05) is 39.8 Å². The molecule has 0 radical (unpaired) electrons. The Balaban J connectivity index is 1.94. The fourth-order valence-electron chi connectivity index (χ4n) is 2.59. The molecule has 1 atom stereocenters. The number of ketones is 1. The summed E-state index contributed by atoms with van der Waals surface area (Å²) in [6, 6.07) is 7.87. The maximum Gasteiger partial charge on any atom is 0.176 e. The summed E-state index contributed by atoms with van der Waals surface area (Å²) in [6.07, 6.45) is 0. The Labute approximate surface area is 121 Å². The molecule has 1 unspecified atom stereocenters. The van der Waals surface area contributed by atoms with Crippen molar-refractivity contribution in [3.05, 3.63) is 29.8 Å². The third-order valence-electron chi connectivity index (χ3n) is 3.80. The second-order valence-electron chi connectivity index (χ2n) is 5.46. The van der Waals surface area contributed by atoms with Crippen LogP contribution in [0.3, 0.4) is 0 Å². The summed E-state index contributed by atoms with van der Waals surface area (Å²) in [4.78, 5) is 16.9. The molecule has 1 aromatic carbocycles. The Morgan fingerprint density at radius 2 is 2.00 bits per heavy atom. The Morgan fingerprint density at radius 1 is 1.30 bits per heavy atom. The van der Waals surface area contributed by atoms with Gasteiger partial charge in [0.25, 0.3) is 0 Å². The zero-order valence-corrected chi connectivity index (χ0v) is 12.6. The van der Waals surface area contributed by atoms with Gasteiger partial charge < -0.3 is 9.64 Å². The minimum absolute atomic E-state index is 0.185. The number of likely N-dealkylation sites (N-methyl/N-ethyl adjacent to an activating group) is 1. The first-order valence-corrected chi connectivity index (χ1v) is 7.28. The maximum atomic E-state index is 12.3. The summed E-state index contributed by atoms with van der Waals surface area (Å²) in [5.74, 6) is 1.00. The van der Waals surface area contributed by atoms with E-state index in [2.05, 4.69) is 23.8 Å². The SMILES string of the molecule is CCOc1ccc(C(=O)CN2CCN(C)CC2C)cc1. The quantitative estimate of drug-likeness (QED) is 0.769. The lowest BCUT2D eigenvalue weighted by molar-refractivity contribution is 0.0747. The standard InChI is InChI=1S/C16H24N2O2/c1-4-20-15-7-5-14(6-8-15)16(19)12-18-10-9-17(3)11-13(18)2/h5-8,13H,4,9-12H2,1-3H3. The molecule has 0 aromatic heterocycles. The molecule has 1 aromatic rings. The highest BCUT2D eigenvalue weighted by Crippen LogP contribution is 2.14. The summed E-state index contributed by atoms with van der Waals surface area (Å²) in [5, 5.41) is 0. The Bertz CT molecular complexity index is 444. The number of ether oxygens (including phenoxy) is 1. The van der Waals surface area contributed by atoms with Gasteiger partial charge >= 0.3 is 0 Å². The Hall–Kier alpha value is -1.39. The van der Waals surface area contributed by atoms with Crippen molar-refractivity contribution >= 4 is 5.78 Å². The molecule has 1 saturated heterocycles. The number of rotatable bonds is 5. The molecule has 1 fully saturated rings. The molecule has 0 aliphatic carbocycles. The molecular weight excluding hydrogens is 252 g/mol. The average molecular weight is 276 g/mol. The number of carbonyl (C=O) groups is 1. The van der Waals surface area contributed by atoms with Gasteiger partial charge in [-0.3, -0.25) is 9.69 Å². The van der Waals surface area contributed by atoms with Gasteiger partial charge in [0, 0.05) is 31.2 Å². The van der Waals surface area contributed by atoms with Crippen molar-refractivity contribution < 1.29 is 9.53 Å². The van der Waals surface area contributed by atoms with Crippen molar-refractivity contribution in [3.63, 3.8) is 0 Å². The van der Waals surface area contributed by atoms with Gasteiger partial charge in [-0.05, 0) is 45.2 Å². The van der Waals surface area contributed by atoms with Crippen LogP contribution >= 0.6 is 0 Å². The number of nitrogens with zero attached hydrogens (tertiary/aromatic N) is 2. The molecule has 1 aliphatic rings. The molecule has 1 heterocycles. The Morgan fingerprint density at radius 3 is 2.60 bits per heavy atom. The van der Waals surface area contributed by atoms with Gasteiger partial charge in [0.15, 0.2) is 5.78 Å². The summed E-state index contributed by atoms with van der Waals surface area (Å²) in [6.45, 7) is 8.29. The highest BCUT2D eigenvalue weighted by Gasteiger charge is 2.23. The van der Waals surface area contributed by atoms with Crippen LogP contribution in [0, 0.1) is 0 Å². The van der Waals surface area contributed by atoms with Crippen LogP contribution in [-0.2, 0) is 0 Å². The second-order valence-corrected chi connectivity index (χ2v) is 5.46. The van der Waals surface area contributed by atoms with E-state index < -0.39 is 0 Å². The van der Waals surface area contributed by atoms with Crippen LogP contribution in [0.1, 0.15) is 24.2 Å². The lowest BCUT2D eigenvalue weighted by atomic mass is 10.1. The normalized spacial score (nSPS) is 20.9. The predicted molar refractivity (Wildman–Crippen MR) is 80.5 cm³/mol. The third-order valence-corrected chi connectivity index (χ3v) is 3.80. The average Bonchev–Trinajstić information content (AvgIpc) is 2.43. The topological polar surface area (TPSA) is 32.8 Å². The van der Waals surface area contributed by atoms with E-state index in [0.29, 0.717) is 19.2 Å². The smallest absolute Gasteiger partial charge is 0.176 e. The van der Waals surface area contributed by atoms with E-state index in [1.165, 1.54) is 0 Å². The van der Waals surface area contributed by atoms with Crippen LogP contribution in [0.15, 0.2) is 24.3 Å². The summed E-state index contributed by atoms with van der Waals surface area (Å²) >= 11 is 0. The summed E-state index contributed by atoms with van der Waals surface area (Å²) in [5.41, 5.74) is 0.764. The van der Waals surface area contributed by atoms with Crippen LogP contribution in [0.4, 0.5) is 0 Å². The van der Waals surface area contributed by atoms with Gasteiger partial charge in [-0.15, -0.1) is 0 Å². The van der Waals surface area contributed by atoms with E-state index in [1.807, 2.05) is 31.2 Å². The van der Waals surface area contributed by atoms with Crippen molar-refractivity contribution in [1.29, 1.82) is 0 Å². The van der Waals surface area contributed by atoms with Crippen LogP contribution in [-0.4, -0.2) is 61.5 Å². The van der Waals surface area contributed by atoms with Crippen molar-refractivity contribution in [2.45, 2.75) is 19.9 Å². The monoisotopic (exact) mass is 276 g/mol. The molecule has 2 rings (SSSR count). The van der Waals surface area contributed by atoms with Gasteiger partial charge in [0.2, 0.25) is 0 Å². The van der Waals surface area contributed by atoms with Crippen LogP contribution < -0.4 is 4.74 Å². The van der Waals surface area contributed by atoms with Crippen molar-refractivity contribution in [1.82, 2.24) is 9.80 Å². The predicted octanol–water partition coefficient (Wildman–Crippen LogP) is 1.90. The zero-order chi connectivity index (χ0) is 14.5. The van der Waals surface area contributed by atoms with Crippen molar-refractivity contribution in [2.24, 2.45) is 0 Å². The summed E-state index contributed by atoms with van der Waals surface area (Å²) in [7, 11) is 2.13. The lowest BCUT2D eigenvalue weighted by Gasteiger charge is -2.37. The molecule has 110 valence electrons. The van der Waals surface area contributed by atoms with Gasteiger partial charge in [-0.1, -0.05) is 0 Å². The van der Waals surface area contributed by atoms with E-state index in [-0.39, 0.29) is 5.78 Å².